The number of Topliss-reactive ketones (excluding diaryl/α,β-unsaturated/α-hetero) is 1. The summed E-state index contributed by atoms with van der Waals surface area (Å²) in [6.45, 7) is 10.2. The van der Waals surface area contributed by atoms with Gasteiger partial charge in [0, 0.05) is 23.6 Å². The van der Waals surface area contributed by atoms with Crippen LogP contribution in [-0.2, 0) is 19.7 Å². The molecule has 0 radical (unpaired) electrons. The number of aromatic nitrogens is 1. The van der Waals surface area contributed by atoms with Crippen LogP contribution < -0.4 is 4.90 Å². The van der Waals surface area contributed by atoms with E-state index >= 15 is 0 Å². The molecular weight excluding hydrogens is 480 g/mol. The van der Waals surface area contributed by atoms with Crippen LogP contribution in [0.2, 0.25) is 0 Å². The van der Waals surface area contributed by atoms with Gasteiger partial charge in [-0.15, -0.1) is 0 Å². The van der Waals surface area contributed by atoms with Crippen molar-refractivity contribution >= 4 is 29.1 Å². The summed E-state index contributed by atoms with van der Waals surface area (Å²) in [5.41, 5.74) is 3.17. The zero-order valence-electron chi connectivity index (χ0n) is 22.3. The number of hydrogen-bond acceptors (Lipinski definition) is 6. The number of rotatable bonds is 6. The highest BCUT2D eigenvalue weighted by atomic mass is 16.5. The average molecular weight is 513 g/mol. The Morgan fingerprint density at radius 3 is 2.50 bits per heavy atom. The van der Waals surface area contributed by atoms with Crippen molar-refractivity contribution in [1.29, 1.82) is 0 Å². The number of carbonyl (C=O) groups excluding carboxylic acids is 3. The third-order valence-electron chi connectivity index (χ3n) is 6.60. The van der Waals surface area contributed by atoms with Gasteiger partial charge in [0.25, 0.3) is 11.7 Å². The summed E-state index contributed by atoms with van der Waals surface area (Å²) in [5.74, 6) is -2.38. The molecule has 7 nitrogen and oxygen atoms in total. The molecule has 0 spiro atoms. The molecule has 1 aromatic heterocycles. The molecule has 0 saturated carbocycles. The second-order valence-corrected chi connectivity index (χ2v) is 10.4. The van der Waals surface area contributed by atoms with Crippen LogP contribution in [0.25, 0.3) is 5.76 Å². The normalized spacial score (nSPS) is 17.1. The monoisotopic (exact) mass is 512 g/mol. The Balaban J connectivity index is 1.91. The number of aliphatic hydroxyl groups excluding tert-OH is 1. The Kier molecular flexibility index (Phi) is 7.49. The van der Waals surface area contributed by atoms with Gasteiger partial charge in [-0.25, -0.2) is 4.79 Å². The lowest BCUT2D eigenvalue weighted by Gasteiger charge is -2.26. The second-order valence-electron chi connectivity index (χ2n) is 10.4. The SMILES string of the molecule is CCCOC(=O)c1cccc(N2C(=O)C(=O)/C(=C(/O)c3cc(C(C)(C)C)ccc3C)C2c2cccnc2)c1. The van der Waals surface area contributed by atoms with E-state index in [4.69, 9.17) is 4.74 Å². The molecule has 7 heteroatoms. The molecule has 1 amide bonds. The lowest BCUT2D eigenvalue weighted by atomic mass is 9.84. The van der Waals surface area contributed by atoms with Crippen LogP contribution in [0.5, 0.6) is 0 Å². The Morgan fingerprint density at radius 1 is 1.08 bits per heavy atom. The number of aliphatic hydroxyl groups is 1. The molecule has 1 N–H and O–H groups in total. The Labute approximate surface area is 222 Å². The highest BCUT2D eigenvalue weighted by Crippen LogP contribution is 2.43. The van der Waals surface area contributed by atoms with Crippen molar-refractivity contribution in [3.05, 3.63) is 100 Å². The van der Waals surface area contributed by atoms with Gasteiger partial charge >= 0.3 is 5.97 Å². The van der Waals surface area contributed by atoms with Gasteiger partial charge in [0.1, 0.15) is 5.76 Å². The summed E-state index contributed by atoms with van der Waals surface area (Å²) >= 11 is 0. The van der Waals surface area contributed by atoms with E-state index in [2.05, 4.69) is 25.8 Å². The van der Waals surface area contributed by atoms with Gasteiger partial charge in [0.15, 0.2) is 0 Å². The van der Waals surface area contributed by atoms with Crippen molar-refractivity contribution in [2.24, 2.45) is 0 Å². The van der Waals surface area contributed by atoms with Gasteiger partial charge in [-0.2, -0.15) is 0 Å². The third-order valence-corrected chi connectivity index (χ3v) is 6.60. The number of carbonyl (C=O) groups is 3. The number of esters is 1. The van der Waals surface area contributed by atoms with E-state index in [1.807, 2.05) is 32.0 Å². The average Bonchev–Trinajstić information content (AvgIpc) is 3.17. The van der Waals surface area contributed by atoms with Crippen LogP contribution in [0.1, 0.15) is 72.8 Å². The minimum Gasteiger partial charge on any atom is -0.507 e. The molecule has 196 valence electrons. The Hall–Kier alpha value is -4.26. The summed E-state index contributed by atoms with van der Waals surface area (Å²) in [4.78, 5) is 45.0. The van der Waals surface area contributed by atoms with E-state index in [1.165, 1.54) is 11.0 Å². The van der Waals surface area contributed by atoms with Crippen molar-refractivity contribution in [2.45, 2.75) is 52.5 Å². The molecule has 2 heterocycles. The first-order valence-corrected chi connectivity index (χ1v) is 12.6. The maximum atomic E-state index is 13.5. The molecule has 1 atom stereocenters. The number of pyridine rings is 1. The fraction of sp³-hybridized carbons (Fsp3) is 0.290. The summed E-state index contributed by atoms with van der Waals surface area (Å²) in [5, 5.41) is 11.6. The molecule has 1 saturated heterocycles. The van der Waals surface area contributed by atoms with E-state index in [1.54, 1.807) is 42.7 Å². The van der Waals surface area contributed by atoms with Crippen molar-refractivity contribution in [3.63, 3.8) is 0 Å². The number of aryl methyl sites for hydroxylation is 1. The zero-order valence-corrected chi connectivity index (χ0v) is 22.3. The molecule has 1 aliphatic heterocycles. The van der Waals surface area contributed by atoms with E-state index in [0.717, 1.165) is 11.1 Å². The zero-order chi connectivity index (χ0) is 27.6. The lowest BCUT2D eigenvalue weighted by Crippen LogP contribution is -2.29. The molecular formula is C31H32N2O5. The van der Waals surface area contributed by atoms with Gasteiger partial charge in [-0.1, -0.05) is 52.0 Å². The first-order chi connectivity index (χ1) is 18.0. The van der Waals surface area contributed by atoms with Crippen LogP contribution in [-0.4, -0.2) is 34.4 Å². The number of ether oxygens (including phenoxy) is 1. The first-order valence-electron chi connectivity index (χ1n) is 12.6. The summed E-state index contributed by atoms with van der Waals surface area (Å²) in [7, 11) is 0. The molecule has 2 aromatic carbocycles. The number of ketones is 1. The minimum absolute atomic E-state index is 0.0314. The van der Waals surface area contributed by atoms with Crippen molar-refractivity contribution in [1.82, 2.24) is 4.98 Å². The fourth-order valence-corrected chi connectivity index (χ4v) is 4.50. The van der Waals surface area contributed by atoms with E-state index in [-0.39, 0.29) is 28.9 Å². The minimum atomic E-state index is -0.941. The number of nitrogens with zero attached hydrogens (tertiary/aromatic N) is 2. The summed E-state index contributed by atoms with van der Waals surface area (Å²) in [6, 6.07) is 14.7. The molecule has 1 unspecified atom stereocenters. The lowest BCUT2D eigenvalue weighted by molar-refractivity contribution is -0.132. The van der Waals surface area contributed by atoms with Crippen LogP contribution >= 0.6 is 0 Å². The number of amides is 1. The molecule has 38 heavy (non-hydrogen) atoms. The van der Waals surface area contributed by atoms with Crippen LogP contribution in [0, 0.1) is 6.92 Å². The van der Waals surface area contributed by atoms with Gasteiger partial charge in [0.05, 0.1) is 23.8 Å². The topological polar surface area (TPSA) is 96.8 Å². The molecule has 1 fully saturated rings. The predicted molar refractivity (Wildman–Crippen MR) is 146 cm³/mol. The number of benzene rings is 2. The summed E-state index contributed by atoms with van der Waals surface area (Å²) < 4.78 is 5.25. The van der Waals surface area contributed by atoms with Crippen molar-refractivity contribution in [2.75, 3.05) is 11.5 Å². The van der Waals surface area contributed by atoms with Crippen molar-refractivity contribution in [3.8, 4) is 0 Å². The molecule has 3 aromatic rings. The van der Waals surface area contributed by atoms with Gasteiger partial charge in [-0.05, 0) is 65.8 Å². The standard InChI is InChI=1S/C31H32N2O5/c1-6-15-38-30(37)20-9-7-11-23(16-20)33-26(21-10-8-14-32-18-21)25(28(35)29(33)36)27(34)24-17-22(31(3,4)5)13-12-19(24)2/h7-14,16-18,26,34H,6,15H2,1-5H3/b27-25+. The number of hydrogen-bond donors (Lipinski definition) is 1. The Bertz CT molecular complexity index is 1420. The quantitative estimate of drug-likeness (QED) is 0.192. The Morgan fingerprint density at radius 2 is 1.84 bits per heavy atom. The van der Waals surface area contributed by atoms with E-state index < -0.39 is 23.7 Å². The third kappa shape index (κ3) is 5.09. The van der Waals surface area contributed by atoms with Gasteiger partial charge in [0.2, 0.25) is 0 Å². The highest BCUT2D eigenvalue weighted by Gasteiger charge is 2.47. The predicted octanol–water partition coefficient (Wildman–Crippen LogP) is 5.88. The maximum absolute atomic E-state index is 13.5. The highest BCUT2D eigenvalue weighted by molar-refractivity contribution is 6.51. The second kappa shape index (κ2) is 10.6. The largest absolute Gasteiger partial charge is 0.507 e. The van der Waals surface area contributed by atoms with Crippen LogP contribution in [0.3, 0.4) is 0 Å². The van der Waals surface area contributed by atoms with Gasteiger partial charge in [-0.3, -0.25) is 19.5 Å². The van der Waals surface area contributed by atoms with Crippen LogP contribution in [0.4, 0.5) is 5.69 Å². The maximum Gasteiger partial charge on any atom is 0.338 e. The molecule has 0 bridgehead atoms. The van der Waals surface area contributed by atoms with E-state index in [9.17, 15) is 19.5 Å². The van der Waals surface area contributed by atoms with E-state index in [0.29, 0.717) is 23.2 Å². The van der Waals surface area contributed by atoms with Crippen LogP contribution in [0.15, 0.2) is 72.6 Å². The molecule has 4 rings (SSSR count). The smallest absolute Gasteiger partial charge is 0.338 e. The molecule has 0 aliphatic carbocycles. The molecule has 1 aliphatic rings. The number of anilines is 1. The fourth-order valence-electron chi connectivity index (χ4n) is 4.50. The van der Waals surface area contributed by atoms with Gasteiger partial charge < -0.3 is 9.84 Å². The summed E-state index contributed by atoms with van der Waals surface area (Å²) in [6.07, 6.45) is 3.84. The first kappa shape index (κ1) is 26.8. The van der Waals surface area contributed by atoms with Crippen molar-refractivity contribution < 1.29 is 24.2 Å².